The molecule has 0 bridgehead atoms. The smallest absolute Gasteiger partial charge is 0.0448 e. The Bertz CT molecular complexity index is 236. The van der Waals surface area contributed by atoms with Gasteiger partial charge in [0.25, 0.3) is 0 Å². The molecular formula is C15H31N3. The lowest BCUT2D eigenvalue weighted by atomic mass is 9.90. The molecule has 1 saturated heterocycles. The summed E-state index contributed by atoms with van der Waals surface area (Å²) in [6, 6.07) is 1.31. The van der Waals surface area contributed by atoms with E-state index in [1.807, 2.05) is 0 Å². The first-order chi connectivity index (χ1) is 8.67. The van der Waals surface area contributed by atoms with Crippen LogP contribution in [-0.2, 0) is 0 Å². The Hall–Kier alpha value is -0.120. The van der Waals surface area contributed by atoms with Gasteiger partial charge < -0.3 is 5.73 Å². The lowest BCUT2D eigenvalue weighted by Gasteiger charge is -2.46. The first kappa shape index (κ1) is 14.3. The van der Waals surface area contributed by atoms with Gasteiger partial charge in [0.05, 0.1) is 0 Å². The highest BCUT2D eigenvalue weighted by Gasteiger charge is 2.35. The van der Waals surface area contributed by atoms with Crippen molar-refractivity contribution < 1.29 is 0 Å². The molecule has 1 aliphatic heterocycles. The summed E-state index contributed by atoms with van der Waals surface area (Å²) < 4.78 is 0. The summed E-state index contributed by atoms with van der Waals surface area (Å²) in [5.74, 6) is 0. The van der Waals surface area contributed by atoms with Gasteiger partial charge in [-0.2, -0.15) is 0 Å². The van der Waals surface area contributed by atoms with Crippen LogP contribution in [0.4, 0.5) is 0 Å². The molecular weight excluding hydrogens is 222 g/mol. The molecule has 1 aliphatic carbocycles. The molecule has 1 heterocycles. The van der Waals surface area contributed by atoms with E-state index in [9.17, 15) is 0 Å². The zero-order valence-electron chi connectivity index (χ0n) is 12.3. The van der Waals surface area contributed by atoms with Gasteiger partial charge in [-0.3, -0.25) is 0 Å². The average Bonchev–Trinajstić information content (AvgIpc) is 2.60. The van der Waals surface area contributed by atoms with Gasteiger partial charge in [0.1, 0.15) is 0 Å². The largest absolute Gasteiger partial charge is 0.329 e. The fourth-order valence-electron chi connectivity index (χ4n) is 3.68. The predicted octanol–water partition coefficient (Wildman–Crippen LogP) is 2.81. The third kappa shape index (κ3) is 3.25. The molecule has 3 N–H and O–H groups in total. The standard InChI is InChI=1S/C15H31N3/c1-13-8-7-9-14(2)18(13)17-15(12-16)10-5-3-4-6-11-15/h13-14,17H,3-12,16H2,1-2H3. The summed E-state index contributed by atoms with van der Waals surface area (Å²) in [4.78, 5) is 0. The minimum atomic E-state index is 0.177. The molecule has 106 valence electrons. The number of rotatable bonds is 3. The van der Waals surface area contributed by atoms with Crippen molar-refractivity contribution in [3.8, 4) is 0 Å². The molecule has 0 radical (unpaired) electrons. The Kier molecular flexibility index (Phi) is 5.05. The molecule has 0 amide bonds. The van der Waals surface area contributed by atoms with Crippen molar-refractivity contribution in [2.24, 2.45) is 5.73 Å². The van der Waals surface area contributed by atoms with Crippen molar-refractivity contribution in [3.63, 3.8) is 0 Å². The normalized spacial score (nSPS) is 34.2. The summed E-state index contributed by atoms with van der Waals surface area (Å²) in [7, 11) is 0. The van der Waals surface area contributed by atoms with Crippen LogP contribution in [0, 0.1) is 0 Å². The fraction of sp³-hybridized carbons (Fsp3) is 1.00. The van der Waals surface area contributed by atoms with Gasteiger partial charge in [-0.15, -0.1) is 0 Å². The molecule has 2 rings (SSSR count). The maximum atomic E-state index is 6.13. The number of nitrogens with zero attached hydrogens (tertiary/aromatic N) is 1. The van der Waals surface area contributed by atoms with E-state index in [1.165, 1.54) is 57.8 Å². The second-order valence-electron chi connectivity index (χ2n) is 6.55. The third-order valence-corrected chi connectivity index (χ3v) is 5.01. The van der Waals surface area contributed by atoms with E-state index in [2.05, 4.69) is 24.3 Å². The summed E-state index contributed by atoms with van der Waals surface area (Å²) in [6.07, 6.45) is 11.9. The molecule has 3 heteroatoms. The van der Waals surface area contributed by atoms with Crippen LogP contribution in [0.15, 0.2) is 0 Å². The van der Waals surface area contributed by atoms with Gasteiger partial charge in [-0.25, -0.2) is 10.4 Å². The lowest BCUT2D eigenvalue weighted by molar-refractivity contribution is -0.00290. The van der Waals surface area contributed by atoms with Crippen molar-refractivity contribution in [2.75, 3.05) is 6.54 Å². The van der Waals surface area contributed by atoms with Crippen LogP contribution in [-0.4, -0.2) is 29.2 Å². The molecule has 0 aromatic rings. The first-order valence-electron chi connectivity index (χ1n) is 7.93. The minimum absolute atomic E-state index is 0.177. The summed E-state index contributed by atoms with van der Waals surface area (Å²) >= 11 is 0. The van der Waals surface area contributed by atoms with Crippen LogP contribution in [0.25, 0.3) is 0 Å². The van der Waals surface area contributed by atoms with Crippen LogP contribution < -0.4 is 11.2 Å². The van der Waals surface area contributed by atoms with Crippen molar-refractivity contribution in [1.82, 2.24) is 10.4 Å². The second kappa shape index (κ2) is 6.36. The van der Waals surface area contributed by atoms with E-state index >= 15 is 0 Å². The van der Waals surface area contributed by atoms with E-state index in [0.29, 0.717) is 12.1 Å². The summed E-state index contributed by atoms with van der Waals surface area (Å²) in [6.45, 7) is 5.48. The maximum absolute atomic E-state index is 6.13. The van der Waals surface area contributed by atoms with Crippen molar-refractivity contribution in [3.05, 3.63) is 0 Å². The molecule has 18 heavy (non-hydrogen) atoms. The van der Waals surface area contributed by atoms with E-state index in [-0.39, 0.29) is 5.54 Å². The predicted molar refractivity (Wildman–Crippen MR) is 77.2 cm³/mol. The monoisotopic (exact) mass is 253 g/mol. The molecule has 2 fully saturated rings. The number of hydrazine groups is 1. The lowest BCUT2D eigenvalue weighted by Crippen LogP contribution is -2.63. The topological polar surface area (TPSA) is 41.3 Å². The number of piperidine rings is 1. The van der Waals surface area contributed by atoms with E-state index < -0.39 is 0 Å². The highest BCUT2D eigenvalue weighted by atomic mass is 15.6. The average molecular weight is 253 g/mol. The van der Waals surface area contributed by atoms with Gasteiger partial charge in [0, 0.05) is 24.2 Å². The van der Waals surface area contributed by atoms with E-state index in [1.54, 1.807) is 0 Å². The van der Waals surface area contributed by atoms with E-state index in [4.69, 9.17) is 5.73 Å². The fourth-order valence-corrected chi connectivity index (χ4v) is 3.68. The Morgan fingerprint density at radius 3 is 2.06 bits per heavy atom. The van der Waals surface area contributed by atoms with Crippen molar-refractivity contribution in [2.45, 2.75) is 89.3 Å². The quantitative estimate of drug-likeness (QED) is 0.760. The number of nitrogens with one attached hydrogen (secondary N) is 1. The van der Waals surface area contributed by atoms with Gasteiger partial charge in [-0.05, 0) is 39.5 Å². The van der Waals surface area contributed by atoms with E-state index in [0.717, 1.165) is 6.54 Å². The van der Waals surface area contributed by atoms with Crippen molar-refractivity contribution in [1.29, 1.82) is 0 Å². The first-order valence-corrected chi connectivity index (χ1v) is 7.93. The second-order valence-corrected chi connectivity index (χ2v) is 6.55. The zero-order chi connectivity index (χ0) is 13.0. The molecule has 0 aromatic heterocycles. The van der Waals surface area contributed by atoms with Gasteiger partial charge >= 0.3 is 0 Å². The van der Waals surface area contributed by atoms with Crippen LogP contribution in [0.2, 0.25) is 0 Å². The van der Waals surface area contributed by atoms with Crippen LogP contribution >= 0.6 is 0 Å². The highest BCUT2D eigenvalue weighted by molar-refractivity contribution is 4.92. The zero-order valence-corrected chi connectivity index (χ0v) is 12.3. The highest BCUT2D eigenvalue weighted by Crippen LogP contribution is 2.29. The summed E-state index contributed by atoms with van der Waals surface area (Å²) in [5, 5.41) is 2.52. The SMILES string of the molecule is CC1CCCC(C)N1NC1(CN)CCCCCC1. The van der Waals surface area contributed by atoms with Gasteiger partial charge in [0.2, 0.25) is 0 Å². The van der Waals surface area contributed by atoms with Gasteiger partial charge in [0.15, 0.2) is 0 Å². The Labute approximate surface area is 112 Å². The molecule has 0 aromatic carbocycles. The molecule has 2 atom stereocenters. The van der Waals surface area contributed by atoms with Crippen LogP contribution in [0.3, 0.4) is 0 Å². The summed E-state index contributed by atoms with van der Waals surface area (Å²) in [5.41, 5.74) is 10.2. The van der Waals surface area contributed by atoms with Crippen LogP contribution in [0.1, 0.15) is 71.6 Å². The molecule has 3 nitrogen and oxygen atoms in total. The Balaban J connectivity index is 2.03. The molecule has 2 unspecified atom stereocenters. The van der Waals surface area contributed by atoms with Crippen molar-refractivity contribution >= 4 is 0 Å². The molecule has 0 spiro atoms. The maximum Gasteiger partial charge on any atom is 0.0448 e. The Morgan fingerprint density at radius 1 is 1.00 bits per heavy atom. The minimum Gasteiger partial charge on any atom is -0.329 e. The molecule has 1 saturated carbocycles. The van der Waals surface area contributed by atoms with Gasteiger partial charge in [-0.1, -0.05) is 32.1 Å². The number of hydrogen-bond acceptors (Lipinski definition) is 3. The molecule has 2 aliphatic rings. The Morgan fingerprint density at radius 2 is 1.56 bits per heavy atom. The number of nitrogens with two attached hydrogens (primary N) is 1. The third-order valence-electron chi connectivity index (χ3n) is 5.01. The van der Waals surface area contributed by atoms with Crippen LogP contribution in [0.5, 0.6) is 0 Å². The number of hydrogen-bond donors (Lipinski definition) is 2.